The van der Waals surface area contributed by atoms with Crippen molar-refractivity contribution >= 4 is 11.9 Å². The van der Waals surface area contributed by atoms with E-state index in [1.54, 1.807) is 0 Å². The van der Waals surface area contributed by atoms with Crippen molar-refractivity contribution < 1.29 is 24.2 Å². The fourth-order valence-electron chi connectivity index (χ4n) is 11.1. The minimum absolute atomic E-state index is 0.0573. The molecule has 0 spiro atoms. The molecule has 0 fully saturated rings. The zero-order chi connectivity index (χ0) is 54.1. The highest BCUT2D eigenvalue weighted by molar-refractivity contribution is 5.70. The molecular weight excluding hydrogens is 921 g/mol. The van der Waals surface area contributed by atoms with Gasteiger partial charge in [-0.2, -0.15) is 0 Å². The number of carbonyl (C=O) groups excluding carboxylic acids is 2. The summed E-state index contributed by atoms with van der Waals surface area (Å²) in [4.78, 5) is 24.6. The van der Waals surface area contributed by atoms with Crippen LogP contribution in [0.15, 0.2) is 12.2 Å². The molecule has 0 aromatic carbocycles. The van der Waals surface area contributed by atoms with Crippen LogP contribution in [0.3, 0.4) is 0 Å². The van der Waals surface area contributed by atoms with Gasteiger partial charge in [0.15, 0.2) is 6.10 Å². The van der Waals surface area contributed by atoms with Gasteiger partial charge in [0, 0.05) is 12.8 Å². The monoisotopic (exact) mass is 1060 g/mol. The number of hydrogen-bond donors (Lipinski definition) is 1. The topological polar surface area (TPSA) is 72.8 Å². The number of aliphatic hydroxyl groups is 1. The van der Waals surface area contributed by atoms with Gasteiger partial charge in [-0.1, -0.05) is 366 Å². The Hall–Kier alpha value is -1.36. The molecular formula is C70H136O5. The van der Waals surface area contributed by atoms with Gasteiger partial charge in [-0.05, 0) is 38.5 Å². The number of hydrogen-bond acceptors (Lipinski definition) is 5. The maximum atomic E-state index is 12.4. The standard InChI is InChI=1S/C70H136O5/c1-3-5-7-9-11-13-15-17-19-21-23-25-27-29-31-32-33-34-35-36-37-39-40-42-44-46-48-50-52-54-56-58-60-62-64-69(72)74-67-68(66-71)75-70(73)65-63-61-59-57-55-53-51-49-47-45-43-41-38-30-28-26-24-22-20-18-16-14-12-10-8-6-4-2/h22,24,68,71H,3-21,23,25-67H2,1-2H3/b24-22-. The van der Waals surface area contributed by atoms with Crippen molar-refractivity contribution in [1.29, 1.82) is 0 Å². The van der Waals surface area contributed by atoms with Gasteiger partial charge in [0.25, 0.3) is 0 Å². The highest BCUT2D eigenvalue weighted by atomic mass is 16.6. The molecule has 0 aliphatic carbocycles. The van der Waals surface area contributed by atoms with Gasteiger partial charge in [0.2, 0.25) is 0 Å². The van der Waals surface area contributed by atoms with Gasteiger partial charge in [-0.25, -0.2) is 0 Å². The maximum absolute atomic E-state index is 12.4. The quantitative estimate of drug-likeness (QED) is 0.0373. The zero-order valence-electron chi connectivity index (χ0n) is 51.4. The molecule has 0 saturated heterocycles. The van der Waals surface area contributed by atoms with Crippen LogP contribution < -0.4 is 0 Å². The van der Waals surface area contributed by atoms with Crippen LogP contribution in [0.2, 0.25) is 0 Å². The molecule has 0 saturated carbocycles. The minimum atomic E-state index is -0.768. The highest BCUT2D eigenvalue weighted by Gasteiger charge is 2.16. The van der Waals surface area contributed by atoms with E-state index in [0.29, 0.717) is 12.8 Å². The van der Waals surface area contributed by atoms with Crippen molar-refractivity contribution in [3.8, 4) is 0 Å². The third-order valence-electron chi connectivity index (χ3n) is 16.3. The number of allylic oxidation sites excluding steroid dienone is 2. The molecule has 5 heteroatoms. The van der Waals surface area contributed by atoms with Crippen molar-refractivity contribution in [2.24, 2.45) is 0 Å². The van der Waals surface area contributed by atoms with E-state index in [-0.39, 0.29) is 25.2 Å². The van der Waals surface area contributed by atoms with Crippen molar-refractivity contribution in [2.75, 3.05) is 13.2 Å². The van der Waals surface area contributed by atoms with Gasteiger partial charge >= 0.3 is 11.9 Å². The van der Waals surface area contributed by atoms with E-state index in [4.69, 9.17) is 9.47 Å². The summed E-state index contributed by atoms with van der Waals surface area (Å²) in [6.07, 6.45) is 85.4. The largest absolute Gasteiger partial charge is 0.462 e. The summed E-state index contributed by atoms with van der Waals surface area (Å²) in [7, 11) is 0. The molecule has 75 heavy (non-hydrogen) atoms. The van der Waals surface area contributed by atoms with Crippen LogP contribution in [0.4, 0.5) is 0 Å². The van der Waals surface area contributed by atoms with E-state index in [9.17, 15) is 14.7 Å². The summed E-state index contributed by atoms with van der Waals surface area (Å²) >= 11 is 0. The molecule has 0 aliphatic heterocycles. The molecule has 1 N–H and O–H groups in total. The van der Waals surface area contributed by atoms with Crippen molar-refractivity contribution in [2.45, 2.75) is 412 Å². The Balaban J connectivity index is 3.36. The Bertz CT molecular complexity index is 1100. The van der Waals surface area contributed by atoms with Crippen LogP contribution in [-0.4, -0.2) is 36.4 Å². The van der Waals surface area contributed by atoms with E-state index >= 15 is 0 Å². The zero-order valence-corrected chi connectivity index (χ0v) is 51.4. The van der Waals surface area contributed by atoms with Crippen LogP contribution in [0.25, 0.3) is 0 Å². The van der Waals surface area contributed by atoms with Gasteiger partial charge in [0.05, 0.1) is 6.61 Å². The first-order valence-corrected chi connectivity index (χ1v) is 34.7. The molecule has 0 aliphatic rings. The highest BCUT2D eigenvalue weighted by Crippen LogP contribution is 2.19. The fraction of sp³-hybridized carbons (Fsp3) is 0.943. The van der Waals surface area contributed by atoms with E-state index in [0.717, 1.165) is 32.1 Å². The van der Waals surface area contributed by atoms with Gasteiger partial charge < -0.3 is 14.6 Å². The van der Waals surface area contributed by atoms with Crippen molar-refractivity contribution in [3.05, 3.63) is 12.2 Å². The fourth-order valence-corrected chi connectivity index (χ4v) is 11.1. The lowest BCUT2D eigenvalue weighted by Gasteiger charge is -2.15. The molecule has 0 amide bonds. The molecule has 1 atom stereocenters. The lowest BCUT2D eigenvalue weighted by Crippen LogP contribution is -2.28. The normalized spacial score (nSPS) is 12.1. The van der Waals surface area contributed by atoms with E-state index < -0.39 is 6.10 Å². The van der Waals surface area contributed by atoms with Crippen LogP contribution in [0.5, 0.6) is 0 Å². The Morgan fingerprint density at radius 2 is 0.493 bits per heavy atom. The first-order valence-electron chi connectivity index (χ1n) is 34.7. The Labute approximate surface area is 471 Å². The predicted octanol–water partition coefficient (Wildman–Crippen LogP) is 23.8. The van der Waals surface area contributed by atoms with Gasteiger partial charge in [-0.3, -0.25) is 9.59 Å². The summed E-state index contributed by atoms with van der Waals surface area (Å²) in [6.45, 7) is 4.22. The van der Waals surface area contributed by atoms with E-state index in [1.165, 1.54) is 347 Å². The number of aliphatic hydroxyl groups excluding tert-OH is 1. The Kier molecular flexibility index (Phi) is 65.7. The second kappa shape index (κ2) is 66.9. The summed E-state index contributed by atoms with van der Waals surface area (Å²) in [6, 6.07) is 0. The molecule has 0 radical (unpaired) electrons. The van der Waals surface area contributed by atoms with Crippen LogP contribution in [-0.2, 0) is 19.1 Å². The number of rotatable bonds is 66. The number of unbranched alkanes of at least 4 members (excludes halogenated alkanes) is 56. The molecule has 0 bridgehead atoms. The summed E-state index contributed by atoms with van der Waals surface area (Å²) in [5.74, 6) is -0.562. The summed E-state index contributed by atoms with van der Waals surface area (Å²) in [5.41, 5.74) is 0. The number of ether oxygens (including phenoxy) is 2. The van der Waals surface area contributed by atoms with E-state index in [1.807, 2.05) is 0 Å². The Morgan fingerprint density at radius 3 is 0.720 bits per heavy atom. The molecule has 1 unspecified atom stereocenters. The van der Waals surface area contributed by atoms with E-state index in [2.05, 4.69) is 26.0 Å². The van der Waals surface area contributed by atoms with Crippen molar-refractivity contribution in [1.82, 2.24) is 0 Å². The second-order valence-electron chi connectivity index (χ2n) is 24.0. The molecule has 0 heterocycles. The third kappa shape index (κ3) is 65.1. The molecule has 0 aromatic heterocycles. The van der Waals surface area contributed by atoms with Gasteiger partial charge in [0.1, 0.15) is 6.61 Å². The average molecular weight is 1060 g/mol. The number of esters is 2. The van der Waals surface area contributed by atoms with Gasteiger partial charge in [-0.15, -0.1) is 0 Å². The lowest BCUT2D eigenvalue weighted by molar-refractivity contribution is -0.161. The minimum Gasteiger partial charge on any atom is -0.462 e. The molecule has 0 rings (SSSR count). The van der Waals surface area contributed by atoms with Crippen LogP contribution in [0.1, 0.15) is 406 Å². The third-order valence-corrected chi connectivity index (χ3v) is 16.3. The summed E-state index contributed by atoms with van der Waals surface area (Å²) < 4.78 is 10.8. The molecule has 5 nitrogen and oxygen atoms in total. The second-order valence-corrected chi connectivity index (χ2v) is 24.0. The van der Waals surface area contributed by atoms with Crippen molar-refractivity contribution in [3.63, 3.8) is 0 Å². The SMILES string of the molecule is CCCCCCCCCC/C=C\CCCCCCCCCCCCCCCCCC(=O)OC(CO)COC(=O)CCCCCCCCCCCCCCCCCCCCCCCCCCCCCCCCCCCC. The lowest BCUT2D eigenvalue weighted by atomic mass is 10.0. The Morgan fingerprint density at radius 1 is 0.293 bits per heavy atom. The first kappa shape index (κ1) is 73.6. The smallest absolute Gasteiger partial charge is 0.306 e. The van der Waals surface area contributed by atoms with Crippen LogP contribution >= 0.6 is 0 Å². The maximum Gasteiger partial charge on any atom is 0.306 e. The first-order chi connectivity index (χ1) is 37.1. The van der Waals surface area contributed by atoms with Crippen LogP contribution in [0, 0.1) is 0 Å². The molecule has 0 aromatic rings. The number of carbonyl (C=O) groups is 2. The average Bonchev–Trinajstić information content (AvgIpc) is 3.41. The molecule has 446 valence electrons. The summed E-state index contributed by atoms with van der Waals surface area (Å²) in [5, 5.41) is 9.69. The predicted molar refractivity (Wildman–Crippen MR) is 330 cm³/mol.